The van der Waals surface area contributed by atoms with Crippen molar-refractivity contribution in [3.05, 3.63) is 24.0 Å². The molecule has 1 aromatic rings. The predicted octanol–water partition coefficient (Wildman–Crippen LogP) is -0.0885. The first-order chi connectivity index (χ1) is 8.65. The van der Waals surface area contributed by atoms with Gasteiger partial charge in [0.15, 0.2) is 0 Å². The molecule has 0 radical (unpaired) electrons. The number of anilines is 1. The molecule has 0 aliphatic rings. The summed E-state index contributed by atoms with van der Waals surface area (Å²) in [6.45, 7) is 3.25. The van der Waals surface area contributed by atoms with Crippen LogP contribution < -0.4 is 21.7 Å². The lowest BCUT2D eigenvalue weighted by molar-refractivity contribution is 0.0954. The SMILES string of the molecule is CCNc1cnccc1C(=O)NCCNC(N)=O. The van der Waals surface area contributed by atoms with Gasteiger partial charge in [0.2, 0.25) is 0 Å². The topological polar surface area (TPSA) is 109 Å². The van der Waals surface area contributed by atoms with Crippen LogP contribution in [0.5, 0.6) is 0 Å². The molecule has 3 amide bonds. The summed E-state index contributed by atoms with van der Waals surface area (Å²) in [6, 6.07) is 1.02. The van der Waals surface area contributed by atoms with E-state index in [1.165, 1.54) is 0 Å². The fraction of sp³-hybridized carbons (Fsp3) is 0.364. The number of hydrogen-bond donors (Lipinski definition) is 4. The predicted molar refractivity (Wildman–Crippen MR) is 68.3 cm³/mol. The summed E-state index contributed by atoms with van der Waals surface area (Å²) >= 11 is 0. The monoisotopic (exact) mass is 251 g/mol. The summed E-state index contributed by atoms with van der Waals surface area (Å²) in [5.74, 6) is -0.223. The zero-order valence-corrected chi connectivity index (χ0v) is 10.2. The highest BCUT2D eigenvalue weighted by atomic mass is 16.2. The van der Waals surface area contributed by atoms with E-state index in [1.807, 2.05) is 6.92 Å². The van der Waals surface area contributed by atoms with Crippen molar-refractivity contribution in [2.24, 2.45) is 5.73 Å². The quantitative estimate of drug-likeness (QED) is 0.530. The number of pyridine rings is 1. The lowest BCUT2D eigenvalue weighted by Gasteiger charge is -2.10. The van der Waals surface area contributed by atoms with Crippen LogP contribution in [0.1, 0.15) is 17.3 Å². The van der Waals surface area contributed by atoms with Gasteiger partial charge in [0, 0.05) is 25.8 Å². The Morgan fingerprint density at radius 2 is 2.06 bits per heavy atom. The first-order valence-corrected chi connectivity index (χ1v) is 5.64. The smallest absolute Gasteiger partial charge is 0.312 e. The Kier molecular flexibility index (Phi) is 5.43. The van der Waals surface area contributed by atoms with E-state index in [0.29, 0.717) is 30.9 Å². The van der Waals surface area contributed by atoms with Gasteiger partial charge in [-0.3, -0.25) is 9.78 Å². The summed E-state index contributed by atoms with van der Waals surface area (Å²) in [4.78, 5) is 26.2. The van der Waals surface area contributed by atoms with Crippen LogP contribution in [-0.2, 0) is 0 Å². The van der Waals surface area contributed by atoms with Crippen molar-refractivity contribution in [2.45, 2.75) is 6.92 Å². The average Bonchev–Trinajstić information content (AvgIpc) is 2.35. The highest BCUT2D eigenvalue weighted by Gasteiger charge is 2.09. The lowest BCUT2D eigenvalue weighted by Crippen LogP contribution is -2.37. The number of nitrogens with one attached hydrogen (secondary N) is 3. The molecule has 0 atom stereocenters. The fourth-order valence-corrected chi connectivity index (χ4v) is 1.38. The van der Waals surface area contributed by atoms with E-state index >= 15 is 0 Å². The van der Waals surface area contributed by atoms with Crippen LogP contribution in [0.3, 0.4) is 0 Å². The first kappa shape index (κ1) is 13.8. The van der Waals surface area contributed by atoms with Crippen molar-refractivity contribution < 1.29 is 9.59 Å². The van der Waals surface area contributed by atoms with E-state index in [-0.39, 0.29) is 5.91 Å². The summed E-state index contributed by atoms with van der Waals surface area (Å²) in [6.07, 6.45) is 3.15. The Bertz CT molecular complexity index is 422. The number of primary amides is 1. The Hall–Kier alpha value is -2.31. The zero-order chi connectivity index (χ0) is 13.4. The van der Waals surface area contributed by atoms with Crippen molar-refractivity contribution >= 4 is 17.6 Å². The molecule has 0 saturated carbocycles. The Morgan fingerprint density at radius 3 is 2.72 bits per heavy atom. The standard InChI is InChI=1S/C11H17N5O2/c1-2-14-9-7-13-4-3-8(9)10(17)15-5-6-16-11(12)18/h3-4,7,14H,2,5-6H2,1H3,(H,15,17)(H3,12,16,18). The van der Waals surface area contributed by atoms with Gasteiger partial charge in [0.25, 0.3) is 5.91 Å². The molecule has 0 saturated heterocycles. The highest BCUT2D eigenvalue weighted by molar-refractivity contribution is 5.99. The van der Waals surface area contributed by atoms with E-state index in [4.69, 9.17) is 5.73 Å². The molecule has 1 aromatic heterocycles. The van der Waals surface area contributed by atoms with Crippen LogP contribution in [0.15, 0.2) is 18.5 Å². The lowest BCUT2D eigenvalue weighted by atomic mass is 10.2. The van der Waals surface area contributed by atoms with Gasteiger partial charge in [0.1, 0.15) is 0 Å². The van der Waals surface area contributed by atoms with E-state index < -0.39 is 6.03 Å². The fourth-order valence-electron chi connectivity index (χ4n) is 1.38. The molecule has 0 bridgehead atoms. The van der Waals surface area contributed by atoms with Gasteiger partial charge in [-0.2, -0.15) is 0 Å². The number of aromatic nitrogens is 1. The van der Waals surface area contributed by atoms with Crippen LogP contribution >= 0.6 is 0 Å². The molecule has 0 aliphatic heterocycles. The summed E-state index contributed by atoms with van der Waals surface area (Å²) in [5.41, 5.74) is 6.10. The third-order valence-electron chi connectivity index (χ3n) is 2.14. The van der Waals surface area contributed by atoms with E-state index in [1.54, 1.807) is 18.5 Å². The van der Waals surface area contributed by atoms with Gasteiger partial charge in [-0.1, -0.05) is 0 Å². The normalized spacial score (nSPS) is 9.61. The van der Waals surface area contributed by atoms with Crippen LogP contribution in [-0.4, -0.2) is 36.6 Å². The van der Waals surface area contributed by atoms with E-state index in [9.17, 15) is 9.59 Å². The number of amides is 3. The zero-order valence-electron chi connectivity index (χ0n) is 10.2. The minimum absolute atomic E-state index is 0.223. The second kappa shape index (κ2) is 7.10. The number of nitrogens with two attached hydrogens (primary N) is 1. The van der Waals surface area contributed by atoms with Crippen molar-refractivity contribution in [1.82, 2.24) is 15.6 Å². The largest absolute Gasteiger partial charge is 0.383 e. The summed E-state index contributed by atoms with van der Waals surface area (Å²) < 4.78 is 0. The summed E-state index contributed by atoms with van der Waals surface area (Å²) in [5, 5.41) is 8.12. The molecule has 0 unspecified atom stereocenters. The Labute approximate surface area is 105 Å². The number of nitrogens with zero attached hydrogens (tertiary/aromatic N) is 1. The molecule has 0 aromatic carbocycles. The van der Waals surface area contributed by atoms with Gasteiger partial charge in [-0.15, -0.1) is 0 Å². The van der Waals surface area contributed by atoms with Crippen LogP contribution in [0.25, 0.3) is 0 Å². The van der Waals surface area contributed by atoms with Gasteiger partial charge >= 0.3 is 6.03 Å². The maximum atomic E-state index is 11.9. The first-order valence-electron chi connectivity index (χ1n) is 5.64. The Balaban J connectivity index is 2.53. The molecule has 0 aliphatic carbocycles. The molecule has 0 spiro atoms. The second-order valence-electron chi connectivity index (χ2n) is 3.50. The molecule has 5 N–H and O–H groups in total. The van der Waals surface area contributed by atoms with Gasteiger partial charge < -0.3 is 21.7 Å². The molecule has 1 rings (SSSR count). The van der Waals surface area contributed by atoms with Crippen molar-refractivity contribution in [2.75, 3.05) is 25.0 Å². The molecule has 18 heavy (non-hydrogen) atoms. The van der Waals surface area contributed by atoms with Crippen molar-refractivity contribution in [3.8, 4) is 0 Å². The van der Waals surface area contributed by atoms with Crippen molar-refractivity contribution in [1.29, 1.82) is 0 Å². The van der Waals surface area contributed by atoms with Gasteiger partial charge in [0.05, 0.1) is 17.4 Å². The van der Waals surface area contributed by atoms with Crippen LogP contribution in [0, 0.1) is 0 Å². The maximum absolute atomic E-state index is 11.9. The van der Waals surface area contributed by atoms with Crippen molar-refractivity contribution in [3.63, 3.8) is 0 Å². The average molecular weight is 251 g/mol. The van der Waals surface area contributed by atoms with Gasteiger partial charge in [-0.25, -0.2) is 4.79 Å². The summed E-state index contributed by atoms with van der Waals surface area (Å²) in [7, 11) is 0. The van der Waals surface area contributed by atoms with Crippen LogP contribution in [0.2, 0.25) is 0 Å². The molecule has 7 nitrogen and oxygen atoms in total. The molecule has 1 heterocycles. The molecular formula is C11H17N5O2. The minimum atomic E-state index is -0.610. The highest BCUT2D eigenvalue weighted by Crippen LogP contribution is 2.12. The van der Waals surface area contributed by atoms with E-state index in [2.05, 4.69) is 20.9 Å². The molecule has 7 heteroatoms. The van der Waals surface area contributed by atoms with Gasteiger partial charge in [-0.05, 0) is 13.0 Å². The maximum Gasteiger partial charge on any atom is 0.312 e. The molecule has 98 valence electrons. The Morgan fingerprint density at radius 1 is 1.33 bits per heavy atom. The third kappa shape index (κ3) is 4.28. The van der Waals surface area contributed by atoms with E-state index in [0.717, 1.165) is 0 Å². The number of carbonyl (C=O) groups is 2. The molecular weight excluding hydrogens is 234 g/mol. The minimum Gasteiger partial charge on any atom is -0.383 e. The second-order valence-corrected chi connectivity index (χ2v) is 3.50. The number of carbonyl (C=O) groups excluding carboxylic acids is 2. The number of rotatable bonds is 6. The molecule has 0 fully saturated rings. The number of hydrogen-bond acceptors (Lipinski definition) is 4. The van der Waals surface area contributed by atoms with Crippen LogP contribution in [0.4, 0.5) is 10.5 Å². The third-order valence-corrected chi connectivity index (χ3v) is 2.14. The number of urea groups is 1.